The van der Waals surface area contributed by atoms with Gasteiger partial charge in [-0.2, -0.15) is 0 Å². The summed E-state index contributed by atoms with van der Waals surface area (Å²) in [6.07, 6.45) is 3.69. The monoisotopic (exact) mass is 248 g/mol. The topological polar surface area (TPSA) is 75.4 Å². The van der Waals surface area contributed by atoms with E-state index in [-0.39, 0.29) is 24.5 Å². The lowest BCUT2D eigenvalue weighted by Gasteiger charge is -2.25. The number of amides is 1. The van der Waals surface area contributed by atoms with Crippen LogP contribution in [0.25, 0.3) is 0 Å². The largest absolute Gasteiger partial charge is 0.392 e. The van der Waals surface area contributed by atoms with Crippen LogP contribution in [0.1, 0.15) is 31.2 Å². The third-order valence-corrected chi connectivity index (χ3v) is 3.53. The maximum absolute atomic E-state index is 12.1. The van der Waals surface area contributed by atoms with Gasteiger partial charge >= 0.3 is 0 Å². The van der Waals surface area contributed by atoms with Crippen LogP contribution >= 0.6 is 0 Å². The molecule has 1 amide bonds. The van der Waals surface area contributed by atoms with Gasteiger partial charge in [0, 0.05) is 23.2 Å². The van der Waals surface area contributed by atoms with Gasteiger partial charge in [-0.1, -0.05) is 24.6 Å². The number of carbonyl (C=O) groups excluding carboxylic acids is 1. The Kier molecular flexibility index (Phi) is 4.33. The third-order valence-electron chi connectivity index (χ3n) is 3.53. The normalized spacial score (nSPS) is 23.7. The fourth-order valence-electron chi connectivity index (χ4n) is 2.48. The highest BCUT2D eigenvalue weighted by molar-refractivity contribution is 5.93. The summed E-state index contributed by atoms with van der Waals surface area (Å²) in [6, 6.07) is 7.45. The molecule has 0 heterocycles. The number of benzene rings is 1. The zero-order valence-electron chi connectivity index (χ0n) is 10.4. The summed E-state index contributed by atoms with van der Waals surface area (Å²) >= 11 is 0. The summed E-state index contributed by atoms with van der Waals surface area (Å²) < 4.78 is 0. The lowest BCUT2D eigenvalue weighted by atomic mass is 9.85. The Morgan fingerprint density at radius 2 is 2.17 bits per heavy atom. The van der Waals surface area contributed by atoms with Crippen LogP contribution in [-0.2, 0) is 11.4 Å². The summed E-state index contributed by atoms with van der Waals surface area (Å²) in [6.45, 7) is -0.0688. The van der Waals surface area contributed by atoms with Crippen molar-refractivity contribution in [3.8, 4) is 0 Å². The van der Waals surface area contributed by atoms with Gasteiger partial charge in [0.25, 0.3) is 0 Å². The molecule has 2 unspecified atom stereocenters. The van der Waals surface area contributed by atoms with Crippen LogP contribution in [0.4, 0.5) is 5.69 Å². The predicted molar refractivity (Wildman–Crippen MR) is 70.9 cm³/mol. The second-order valence-corrected chi connectivity index (χ2v) is 4.93. The molecule has 1 saturated carbocycles. The van der Waals surface area contributed by atoms with Crippen molar-refractivity contribution in [3.63, 3.8) is 0 Å². The molecule has 2 rings (SSSR count). The first-order valence-electron chi connectivity index (χ1n) is 6.46. The number of carbonyl (C=O) groups is 1. The zero-order valence-corrected chi connectivity index (χ0v) is 10.4. The van der Waals surface area contributed by atoms with Crippen molar-refractivity contribution in [2.45, 2.75) is 38.3 Å². The lowest BCUT2D eigenvalue weighted by Crippen LogP contribution is -2.34. The van der Waals surface area contributed by atoms with Gasteiger partial charge in [0.15, 0.2) is 0 Å². The van der Waals surface area contributed by atoms with E-state index in [0.717, 1.165) is 31.2 Å². The molecule has 4 N–H and O–H groups in total. The van der Waals surface area contributed by atoms with E-state index in [4.69, 9.17) is 5.73 Å². The van der Waals surface area contributed by atoms with Gasteiger partial charge < -0.3 is 16.2 Å². The Bertz CT molecular complexity index is 420. The maximum atomic E-state index is 12.1. The summed E-state index contributed by atoms with van der Waals surface area (Å²) in [5, 5.41) is 12.1. The number of rotatable bonds is 3. The maximum Gasteiger partial charge on any atom is 0.227 e. The molecule has 4 nitrogen and oxygen atoms in total. The molecule has 0 radical (unpaired) electrons. The van der Waals surface area contributed by atoms with Crippen LogP contribution in [0.15, 0.2) is 24.3 Å². The van der Waals surface area contributed by atoms with Crippen molar-refractivity contribution in [1.82, 2.24) is 0 Å². The summed E-state index contributed by atoms with van der Waals surface area (Å²) in [5.41, 5.74) is 7.33. The fraction of sp³-hybridized carbons (Fsp3) is 0.500. The van der Waals surface area contributed by atoms with Crippen molar-refractivity contribution in [1.29, 1.82) is 0 Å². The average Bonchev–Trinajstić information content (AvgIpc) is 2.39. The van der Waals surface area contributed by atoms with Gasteiger partial charge in [0.1, 0.15) is 0 Å². The van der Waals surface area contributed by atoms with E-state index in [0.29, 0.717) is 5.69 Å². The number of aliphatic hydroxyl groups excluding tert-OH is 1. The minimum atomic E-state index is -0.0688. The summed E-state index contributed by atoms with van der Waals surface area (Å²) in [5.74, 6) is 0.0200. The van der Waals surface area contributed by atoms with Gasteiger partial charge in [-0.15, -0.1) is 0 Å². The Morgan fingerprint density at radius 1 is 1.39 bits per heavy atom. The molecule has 1 aromatic rings. The first-order valence-corrected chi connectivity index (χ1v) is 6.46. The van der Waals surface area contributed by atoms with Crippen LogP contribution in [0.2, 0.25) is 0 Å². The average molecular weight is 248 g/mol. The van der Waals surface area contributed by atoms with Crippen molar-refractivity contribution < 1.29 is 9.90 Å². The smallest absolute Gasteiger partial charge is 0.227 e. The van der Waals surface area contributed by atoms with Gasteiger partial charge in [0.2, 0.25) is 5.91 Å². The first-order chi connectivity index (χ1) is 8.70. The number of hydrogen-bond donors (Lipinski definition) is 3. The number of para-hydroxylation sites is 1. The van der Waals surface area contributed by atoms with Crippen molar-refractivity contribution in [2.24, 2.45) is 11.7 Å². The molecule has 18 heavy (non-hydrogen) atoms. The van der Waals surface area contributed by atoms with Crippen molar-refractivity contribution in [3.05, 3.63) is 29.8 Å². The van der Waals surface area contributed by atoms with Gasteiger partial charge in [-0.25, -0.2) is 0 Å². The molecule has 98 valence electrons. The number of anilines is 1. The molecule has 1 aliphatic rings. The molecular weight excluding hydrogens is 228 g/mol. The van der Waals surface area contributed by atoms with Crippen LogP contribution < -0.4 is 11.1 Å². The Balaban J connectivity index is 2.02. The minimum absolute atomic E-state index is 0.000462. The number of hydrogen-bond acceptors (Lipinski definition) is 3. The van der Waals surface area contributed by atoms with Crippen LogP contribution in [-0.4, -0.2) is 17.1 Å². The number of nitrogens with two attached hydrogens (primary N) is 1. The van der Waals surface area contributed by atoms with E-state index in [1.807, 2.05) is 24.3 Å². The first kappa shape index (κ1) is 13.1. The molecule has 0 aliphatic heterocycles. The van der Waals surface area contributed by atoms with E-state index < -0.39 is 0 Å². The standard InChI is InChI=1S/C14H20N2O2/c15-12-6-3-5-10(8-12)14(18)16-13-7-2-1-4-11(13)9-17/h1-2,4,7,10,12,17H,3,5-6,8-9,15H2,(H,16,18). The second-order valence-electron chi connectivity index (χ2n) is 4.93. The quantitative estimate of drug-likeness (QED) is 0.761. The second kappa shape index (κ2) is 5.98. The molecule has 4 heteroatoms. The molecule has 2 atom stereocenters. The molecule has 0 spiro atoms. The molecule has 0 bridgehead atoms. The molecule has 1 aromatic carbocycles. The molecular formula is C14H20N2O2. The van der Waals surface area contributed by atoms with Gasteiger partial charge in [-0.3, -0.25) is 4.79 Å². The molecule has 1 aliphatic carbocycles. The van der Waals surface area contributed by atoms with Crippen molar-refractivity contribution in [2.75, 3.05) is 5.32 Å². The lowest BCUT2D eigenvalue weighted by molar-refractivity contribution is -0.120. The Hall–Kier alpha value is -1.39. The van der Waals surface area contributed by atoms with E-state index in [2.05, 4.69) is 5.32 Å². The highest BCUT2D eigenvalue weighted by atomic mass is 16.3. The van der Waals surface area contributed by atoms with E-state index in [1.165, 1.54) is 0 Å². The van der Waals surface area contributed by atoms with E-state index >= 15 is 0 Å². The Labute approximate surface area is 107 Å². The predicted octanol–water partition coefficient (Wildman–Crippen LogP) is 1.63. The minimum Gasteiger partial charge on any atom is -0.392 e. The molecule has 0 saturated heterocycles. The Morgan fingerprint density at radius 3 is 2.89 bits per heavy atom. The molecule has 1 fully saturated rings. The van der Waals surface area contributed by atoms with Gasteiger partial charge in [-0.05, 0) is 25.3 Å². The van der Waals surface area contributed by atoms with Crippen LogP contribution in [0.5, 0.6) is 0 Å². The van der Waals surface area contributed by atoms with Crippen LogP contribution in [0, 0.1) is 5.92 Å². The number of aliphatic hydroxyl groups is 1. The molecule has 0 aromatic heterocycles. The van der Waals surface area contributed by atoms with E-state index in [1.54, 1.807) is 0 Å². The highest BCUT2D eigenvalue weighted by Gasteiger charge is 2.25. The van der Waals surface area contributed by atoms with E-state index in [9.17, 15) is 9.90 Å². The van der Waals surface area contributed by atoms with Gasteiger partial charge in [0.05, 0.1) is 6.61 Å². The van der Waals surface area contributed by atoms with Crippen LogP contribution in [0.3, 0.4) is 0 Å². The SMILES string of the molecule is NC1CCCC(C(=O)Nc2ccccc2CO)C1. The van der Waals surface area contributed by atoms with Crippen molar-refractivity contribution >= 4 is 11.6 Å². The number of nitrogens with one attached hydrogen (secondary N) is 1. The highest BCUT2D eigenvalue weighted by Crippen LogP contribution is 2.25. The zero-order chi connectivity index (χ0) is 13.0. The summed E-state index contributed by atoms with van der Waals surface area (Å²) in [7, 11) is 0. The fourth-order valence-corrected chi connectivity index (χ4v) is 2.48. The third kappa shape index (κ3) is 3.09. The summed E-state index contributed by atoms with van der Waals surface area (Å²) in [4.78, 5) is 12.1.